The SMILES string of the molecule is CC(=O)c1cc2c(cc1-c1ccccc1C(=O)O)OCCCO2.CCl. The number of benzene rings is 2. The molecule has 3 rings (SSSR count). The van der Waals surface area contributed by atoms with Crippen molar-refractivity contribution in [1.29, 1.82) is 0 Å². The second kappa shape index (κ2) is 8.53. The lowest BCUT2D eigenvalue weighted by atomic mass is 9.93. The minimum absolute atomic E-state index is 0.143. The molecule has 0 amide bonds. The Hall–Kier alpha value is -2.53. The molecule has 0 aromatic heterocycles. The Morgan fingerprint density at radius 2 is 1.56 bits per heavy atom. The lowest BCUT2D eigenvalue weighted by Crippen LogP contribution is -2.04. The van der Waals surface area contributed by atoms with Crippen LogP contribution in [0.1, 0.15) is 34.1 Å². The summed E-state index contributed by atoms with van der Waals surface area (Å²) in [6.45, 7) is 2.49. The second-order valence-electron chi connectivity index (χ2n) is 5.30. The number of carbonyl (C=O) groups excluding carboxylic acids is 1. The molecule has 0 atom stereocenters. The van der Waals surface area contributed by atoms with Crippen molar-refractivity contribution in [3.8, 4) is 22.6 Å². The first-order chi connectivity index (χ1) is 12.1. The van der Waals surface area contributed by atoms with E-state index in [2.05, 4.69) is 11.6 Å². The number of ketones is 1. The van der Waals surface area contributed by atoms with Crippen molar-refractivity contribution in [3.63, 3.8) is 0 Å². The van der Waals surface area contributed by atoms with E-state index in [1.165, 1.54) is 19.4 Å². The van der Waals surface area contributed by atoms with Crippen molar-refractivity contribution in [2.75, 3.05) is 19.6 Å². The zero-order chi connectivity index (χ0) is 18.4. The number of rotatable bonds is 3. The van der Waals surface area contributed by atoms with Crippen molar-refractivity contribution in [2.45, 2.75) is 13.3 Å². The molecule has 132 valence electrons. The van der Waals surface area contributed by atoms with Crippen LogP contribution in [-0.2, 0) is 0 Å². The molecule has 1 aliphatic rings. The predicted octanol–water partition coefficient (Wildman–Crippen LogP) is 4.27. The summed E-state index contributed by atoms with van der Waals surface area (Å²) in [5, 5.41) is 9.40. The topological polar surface area (TPSA) is 72.8 Å². The molecule has 2 aromatic rings. The van der Waals surface area contributed by atoms with E-state index in [-0.39, 0.29) is 11.3 Å². The number of aromatic carboxylic acids is 1. The van der Waals surface area contributed by atoms with Crippen molar-refractivity contribution in [1.82, 2.24) is 0 Å². The average molecular weight is 363 g/mol. The number of carbonyl (C=O) groups is 2. The van der Waals surface area contributed by atoms with Gasteiger partial charge in [0.15, 0.2) is 17.3 Å². The van der Waals surface area contributed by atoms with Crippen LogP contribution in [-0.4, -0.2) is 36.5 Å². The van der Waals surface area contributed by atoms with Crippen LogP contribution in [0.25, 0.3) is 11.1 Å². The van der Waals surface area contributed by atoms with Gasteiger partial charge in [-0.1, -0.05) is 18.2 Å². The van der Waals surface area contributed by atoms with E-state index in [0.29, 0.717) is 41.4 Å². The van der Waals surface area contributed by atoms with Crippen LogP contribution in [0.3, 0.4) is 0 Å². The van der Waals surface area contributed by atoms with Gasteiger partial charge in [0.25, 0.3) is 0 Å². The zero-order valence-electron chi connectivity index (χ0n) is 14.0. The van der Waals surface area contributed by atoms with Crippen LogP contribution in [0.2, 0.25) is 0 Å². The van der Waals surface area contributed by atoms with E-state index >= 15 is 0 Å². The lowest BCUT2D eigenvalue weighted by molar-refractivity contribution is 0.0697. The molecule has 6 heteroatoms. The van der Waals surface area contributed by atoms with Gasteiger partial charge < -0.3 is 14.6 Å². The Morgan fingerprint density at radius 1 is 0.960 bits per heavy atom. The molecular weight excluding hydrogens is 344 g/mol. The van der Waals surface area contributed by atoms with Crippen molar-refractivity contribution < 1.29 is 24.2 Å². The Bertz CT molecular complexity index is 785. The summed E-state index contributed by atoms with van der Waals surface area (Å²) in [6, 6.07) is 9.94. The minimum Gasteiger partial charge on any atom is -0.490 e. The van der Waals surface area contributed by atoms with E-state index in [1.54, 1.807) is 30.3 Å². The van der Waals surface area contributed by atoms with Crippen LogP contribution >= 0.6 is 11.6 Å². The molecular formula is C19H19ClO5. The predicted molar refractivity (Wildman–Crippen MR) is 96.2 cm³/mol. The molecule has 0 aliphatic carbocycles. The molecule has 0 unspecified atom stereocenters. The molecule has 0 saturated carbocycles. The van der Waals surface area contributed by atoms with Gasteiger partial charge in [-0.2, -0.15) is 0 Å². The maximum absolute atomic E-state index is 12.0. The Labute approximate surface area is 151 Å². The summed E-state index contributed by atoms with van der Waals surface area (Å²) in [7, 11) is 0. The third kappa shape index (κ3) is 4.12. The van der Waals surface area contributed by atoms with Crippen LogP contribution in [0.4, 0.5) is 0 Å². The molecule has 1 aliphatic heterocycles. The highest BCUT2D eigenvalue weighted by atomic mass is 35.5. The van der Waals surface area contributed by atoms with Crippen LogP contribution < -0.4 is 9.47 Å². The second-order valence-corrected chi connectivity index (χ2v) is 5.30. The van der Waals surface area contributed by atoms with Gasteiger partial charge >= 0.3 is 5.97 Å². The summed E-state index contributed by atoms with van der Waals surface area (Å²) >= 11 is 4.64. The van der Waals surface area contributed by atoms with Crippen LogP contribution in [0.15, 0.2) is 36.4 Å². The number of hydrogen-bond donors (Lipinski definition) is 1. The molecule has 0 spiro atoms. The summed E-state index contributed by atoms with van der Waals surface area (Å²) in [5.74, 6) is -0.148. The van der Waals surface area contributed by atoms with Gasteiger partial charge in [0.2, 0.25) is 0 Å². The van der Waals surface area contributed by atoms with E-state index in [0.717, 1.165) is 6.42 Å². The Morgan fingerprint density at radius 3 is 2.16 bits per heavy atom. The van der Waals surface area contributed by atoms with Gasteiger partial charge in [0.05, 0.1) is 18.8 Å². The van der Waals surface area contributed by atoms with Crippen LogP contribution in [0.5, 0.6) is 11.5 Å². The van der Waals surface area contributed by atoms with E-state index in [1.807, 2.05) is 0 Å². The monoisotopic (exact) mass is 362 g/mol. The molecule has 0 radical (unpaired) electrons. The van der Waals surface area contributed by atoms with E-state index < -0.39 is 5.97 Å². The molecule has 2 aromatic carbocycles. The fraction of sp³-hybridized carbons (Fsp3) is 0.263. The standard InChI is InChI=1S/C18H16O5.CH3Cl/c1-11(19)14-9-16-17(23-8-4-7-22-16)10-15(14)12-5-2-3-6-13(12)18(20)21;1-2/h2-3,5-6,9-10H,4,7-8H2,1H3,(H,20,21);1H3. The Kier molecular flexibility index (Phi) is 6.42. The minimum atomic E-state index is -1.04. The quantitative estimate of drug-likeness (QED) is 0.652. The maximum Gasteiger partial charge on any atom is 0.336 e. The maximum atomic E-state index is 12.0. The highest BCUT2D eigenvalue weighted by molar-refractivity contribution is 6.15. The number of Topliss-reactive ketones (excluding diaryl/α,β-unsaturated/α-hetero) is 1. The van der Waals surface area contributed by atoms with E-state index in [9.17, 15) is 14.7 Å². The fourth-order valence-electron chi connectivity index (χ4n) is 2.63. The van der Waals surface area contributed by atoms with Gasteiger partial charge in [-0.25, -0.2) is 4.79 Å². The van der Waals surface area contributed by atoms with Gasteiger partial charge in [0, 0.05) is 18.4 Å². The molecule has 0 saturated heterocycles. The first kappa shape index (κ1) is 18.8. The van der Waals surface area contributed by atoms with Crippen molar-refractivity contribution >= 4 is 23.4 Å². The van der Waals surface area contributed by atoms with Gasteiger partial charge in [-0.3, -0.25) is 4.79 Å². The molecule has 5 nitrogen and oxygen atoms in total. The first-order valence-electron chi connectivity index (χ1n) is 7.73. The van der Waals surface area contributed by atoms with Gasteiger partial charge in [0.1, 0.15) is 0 Å². The smallest absolute Gasteiger partial charge is 0.336 e. The highest BCUT2D eigenvalue weighted by Crippen LogP contribution is 2.38. The van der Waals surface area contributed by atoms with E-state index in [4.69, 9.17) is 9.47 Å². The molecule has 1 N–H and O–H groups in total. The Balaban J connectivity index is 0.00000109. The summed E-state index contributed by atoms with van der Waals surface area (Å²) in [4.78, 5) is 23.5. The lowest BCUT2D eigenvalue weighted by Gasteiger charge is -2.15. The third-order valence-corrected chi connectivity index (χ3v) is 3.71. The number of carboxylic acids is 1. The first-order valence-corrected chi connectivity index (χ1v) is 8.48. The number of carboxylic acid groups (broad SMARTS) is 1. The molecule has 25 heavy (non-hydrogen) atoms. The number of alkyl halides is 1. The average Bonchev–Trinajstić information content (AvgIpc) is 2.87. The number of fused-ring (bicyclic) bond motifs is 1. The number of ether oxygens (including phenoxy) is 2. The van der Waals surface area contributed by atoms with Crippen LogP contribution in [0, 0.1) is 0 Å². The molecule has 1 heterocycles. The third-order valence-electron chi connectivity index (χ3n) is 3.71. The zero-order valence-corrected chi connectivity index (χ0v) is 14.8. The number of hydrogen-bond acceptors (Lipinski definition) is 4. The van der Waals surface area contributed by atoms with Gasteiger partial charge in [-0.15, -0.1) is 11.6 Å². The highest BCUT2D eigenvalue weighted by Gasteiger charge is 2.21. The molecule has 0 bridgehead atoms. The largest absolute Gasteiger partial charge is 0.490 e. The molecule has 0 fully saturated rings. The summed E-state index contributed by atoms with van der Waals surface area (Å²) in [6.07, 6.45) is 2.23. The van der Waals surface area contributed by atoms with Gasteiger partial charge in [-0.05, 0) is 36.2 Å². The van der Waals surface area contributed by atoms with Crippen molar-refractivity contribution in [3.05, 3.63) is 47.5 Å². The fourth-order valence-corrected chi connectivity index (χ4v) is 2.63. The number of halogens is 1. The summed E-state index contributed by atoms with van der Waals surface area (Å²) in [5.41, 5.74) is 1.59. The van der Waals surface area contributed by atoms with Crippen molar-refractivity contribution in [2.24, 2.45) is 0 Å². The normalized spacial score (nSPS) is 12.4. The summed E-state index contributed by atoms with van der Waals surface area (Å²) < 4.78 is 11.3.